The summed E-state index contributed by atoms with van der Waals surface area (Å²) >= 11 is 0. The molecule has 2 unspecified atom stereocenters. The number of hydrogen-bond acceptors (Lipinski definition) is 6. The van der Waals surface area contributed by atoms with Gasteiger partial charge in [-0.1, -0.05) is 42.5 Å². The van der Waals surface area contributed by atoms with E-state index in [1.165, 1.54) is 4.80 Å². The van der Waals surface area contributed by atoms with Crippen LogP contribution in [0.5, 0.6) is 0 Å². The van der Waals surface area contributed by atoms with Gasteiger partial charge in [-0.25, -0.2) is 9.78 Å². The largest absolute Gasteiger partial charge is 0.476 e. The molecule has 1 saturated heterocycles. The Morgan fingerprint density at radius 3 is 2.44 bits per heavy atom. The number of hydrogen-bond donors (Lipinski definition) is 1. The Hall–Kier alpha value is -4.27. The lowest BCUT2D eigenvalue weighted by atomic mass is 9.92. The molecule has 3 heterocycles. The molecule has 5 rings (SSSR count). The zero-order chi connectivity index (χ0) is 23.7. The number of likely N-dealkylation sites (tertiary alicyclic amines) is 1. The molecule has 2 aromatic carbocycles. The standard InChI is InChI=1S/C25H23N5O4/c1-16-11-12-18(23-28-21(25(32)33)22(34-23)17-7-3-2-4-8-17)15-29(16)24(31)19-9-5-6-10-20(19)30-26-13-14-27-30/h2-10,13-14,16,18H,11-12,15H2,1H3,(H,32,33). The molecule has 4 aromatic rings. The highest BCUT2D eigenvalue weighted by molar-refractivity contribution is 5.98. The van der Waals surface area contributed by atoms with Gasteiger partial charge in [-0.15, -0.1) is 0 Å². The number of nitrogens with zero attached hydrogens (tertiary/aromatic N) is 5. The fraction of sp³-hybridized carbons (Fsp3) is 0.240. The zero-order valence-electron chi connectivity index (χ0n) is 18.5. The van der Waals surface area contributed by atoms with Crippen molar-refractivity contribution >= 4 is 11.9 Å². The molecular weight excluding hydrogens is 434 g/mol. The Labute approximate surface area is 195 Å². The maximum Gasteiger partial charge on any atom is 0.358 e. The van der Waals surface area contributed by atoms with Crippen molar-refractivity contribution < 1.29 is 19.1 Å². The summed E-state index contributed by atoms with van der Waals surface area (Å²) < 4.78 is 6.00. The van der Waals surface area contributed by atoms with Gasteiger partial charge in [0.1, 0.15) is 0 Å². The van der Waals surface area contributed by atoms with E-state index < -0.39 is 5.97 Å². The van der Waals surface area contributed by atoms with E-state index >= 15 is 0 Å². The van der Waals surface area contributed by atoms with Gasteiger partial charge in [0, 0.05) is 18.2 Å². The summed E-state index contributed by atoms with van der Waals surface area (Å²) in [4.78, 5) is 33.0. The highest BCUT2D eigenvalue weighted by Gasteiger charge is 2.35. The number of amides is 1. The molecule has 2 aromatic heterocycles. The quantitative estimate of drug-likeness (QED) is 0.481. The molecule has 1 fully saturated rings. The normalized spacial score (nSPS) is 18.1. The lowest BCUT2D eigenvalue weighted by Gasteiger charge is -2.37. The van der Waals surface area contributed by atoms with Gasteiger partial charge in [0.25, 0.3) is 5.91 Å². The number of rotatable bonds is 5. The maximum atomic E-state index is 13.6. The van der Waals surface area contributed by atoms with Gasteiger partial charge in [0.2, 0.25) is 5.89 Å². The Morgan fingerprint density at radius 1 is 1.00 bits per heavy atom. The number of carboxylic acids is 1. The molecule has 0 bridgehead atoms. The molecule has 0 radical (unpaired) electrons. The number of carboxylic acid groups (broad SMARTS) is 1. The van der Waals surface area contributed by atoms with Crippen molar-refractivity contribution in [2.24, 2.45) is 0 Å². The van der Waals surface area contributed by atoms with Crippen LogP contribution in [0.4, 0.5) is 0 Å². The first kappa shape index (κ1) is 21.6. The van der Waals surface area contributed by atoms with Crippen molar-refractivity contribution in [3.05, 3.63) is 84.1 Å². The summed E-state index contributed by atoms with van der Waals surface area (Å²) in [6.45, 7) is 2.38. The van der Waals surface area contributed by atoms with E-state index in [2.05, 4.69) is 15.2 Å². The molecule has 1 N–H and O–H groups in total. The first-order valence-corrected chi connectivity index (χ1v) is 11.1. The van der Waals surface area contributed by atoms with Gasteiger partial charge in [-0.05, 0) is 31.9 Å². The van der Waals surface area contributed by atoms with Crippen LogP contribution in [0.15, 0.2) is 71.4 Å². The third-order valence-electron chi connectivity index (χ3n) is 6.14. The molecule has 2 atom stereocenters. The predicted molar refractivity (Wildman–Crippen MR) is 123 cm³/mol. The van der Waals surface area contributed by atoms with Crippen LogP contribution in [0, 0.1) is 0 Å². The molecule has 172 valence electrons. The number of carbonyl (C=O) groups excluding carboxylic acids is 1. The third kappa shape index (κ3) is 3.96. The van der Waals surface area contributed by atoms with E-state index in [0.717, 1.165) is 12.8 Å². The number of para-hydroxylation sites is 1. The maximum absolute atomic E-state index is 13.6. The number of carbonyl (C=O) groups is 2. The number of piperidine rings is 1. The molecule has 9 heteroatoms. The number of oxazole rings is 1. The Bertz CT molecular complexity index is 1320. The van der Waals surface area contributed by atoms with Gasteiger partial charge >= 0.3 is 5.97 Å². The topological polar surface area (TPSA) is 114 Å². The predicted octanol–water partition coefficient (Wildman–Crippen LogP) is 4.03. The van der Waals surface area contributed by atoms with Gasteiger partial charge in [-0.3, -0.25) is 4.79 Å². The average Bonchev–Trinajstić information content (AvgIpc) is 3.55. The van der Waals surface area contributed by atoms with E-state index in [1.807, 2.05) is 37.3 Å². The van der Waals surface area contributed by atoms with Crippen LogP contribution in [0.2, 0.25) is 0 Å². The number of aromatic carboxylic acids is 1. The summed E-state index contributed by atoms with van der Waals surface area (Å²) in [7, 11) is 0. The SMILES string of the molecule is CC1CCC(c2nc(C(=O)O)c(-c3ccccc3)o2)CN1C(=O)c1ccccc1-n1nccn1. The van der Waals surface area contributed by atoms with Crippen LogP contribution in [0.1, 0.15) is 52.4 Å². The van der Waals surface area contributed by atoms with Crippen LogP contribution in [0.25, 0.3) is 17.0 Å². The lowest BCUT2D eigenvalue weighted by Crippen LogP contribution is -2.45. The second-order valence-electron chi connectivity index (χ2n) is 8.32. The second kappa shape index (κ2) is 8.93. The summed E-state index contributed by atoms with van der Waals surface area (Å²) in [5.41, 5.74) is 1.63. The van der Waals surface area contributed by atoms with Crippen LogP contribution in [0.3, 0.4) is 0 Å². The van der Waals surface area contributed by atoms with E-state index in [0.29, 0.717) is 29.2 Å². The minimum absolute atomic E-state index is 0.00452. The fourth-order valence-electron chi connectivity index (χ4n) is 4.36. The summed E-state index contributed by atoms with van der Waals surface area (Å²) in [6.07, 6.45) is 4.60. The Morgan fingerprint density at radius 2 is 1.71 bits per heavy atom. The summed E-state index contributed by atoms with van der Waals surface area (Å²) in [5.74, 6) is -0.937. The fourth-order valence-corrected chi connectivity index (χ4v) is 4.36. The molecule has 9 nitrogen and oxygen atoms in total. The van der Waals surface area contributed by atoms with Crippen molar-refractivity contribution in [3.8, 4) is 17.0 Å². The monoisotopic (exact) mass is 457 g/mol. The molecule has 0 spiro atoms. The van der Waals surface area contributed by atoms with E-state index in [-0.39, 0.29) is 29.3 Å². The van der Waals surface area contributed by atoms with E-state index in [1.54, 1.807) is 41.6 Å². The van der Waals surface area contributed by atoms with Crippen LogP contribution in [-0.2, 0) is 0 Å². The van der Waals surface area contributed by atoms with Gasteiger partial charge in [-0.2, -0.15) is 15.0 Å². The van der Waals surface area contributed by atoms with E-state index in [4.69, 9.17) is 4.42 Å². The van der Waals surface area contributed by atoms with Gasteiger partial charge in [0.05, 0.1) is 29.6 Å². The minimum Gasteiger partial charge on any atom is -0.476 e. The van der Waals surface area contributed by atoms with Crippen LogP contribution in [-0.4, -0.2) is 54.4 Å². The van der Waals surface area contributed by atoms with Crippen molar-refractivity contribution in [1.82, 2.24) is 24.9 Å². The van der Waals surface area contributed by atoms with Crippen molar-refractivity contribution in [3.63, 3.8) is 0 Å². The van der Waals surface area contributed by atoms with Crippen LogP contribution < -0.4 is 0 Å². The highest BCUT2D eigenvalue weighted by atomic mass is 16.4. The molecule has 1 aliphatic rings. The van der Waals surface area contributed by atoms with Crippen LogP contribution >= 0.6 is 0 Å². The lowest BCUT2D eigenvalue weighted by molar-refractivity contribution is 0.0595. The first-order chi connectivity index (χ1) is 16.5. The summed E-state index contributed by atoms with van der Waals surface area (Å²) in [5, 5.41) is 18.0. The van der Waals surface area contributed by atoms with Crippen molar-refractivity contribution in [2.75, 3.05) is 6.54 Å². The molecule has 1 aliphatic heterocycles. The van der Waals surface area contributed by atoms with Crippen molar-refractivity contribution in [1.29, 1.82) is 0 Å². The molecule has 34 heavy (non-hydrogen) atoms. The third-order valence-corrected chi connectivity index (χ3v) is 6.14. The average molecular weight is 457 g/mol. The van der Waals surface area contributed by atoms with Gasteiger partial charge in [0.15, 0.2) is 11.5 Å². The van der Waals surface area contributed by atoms with E-state index in [9.17, 15) is 14.7 Å². The molecule has 0 saturated carbocycles. The number of aromatic nitrogens is 4. The van der Waals surface area contributed by atoms with Crippen molar-refractivity contribution in [2.45, 2.75) is 31.7 Å². The first-order valence-electron chi connectivity index (χ1n) is 11.1. The highest BCUT2D eigenvalue weighted by Crippen LogP contribution is 2.35. The smallest absolute Gasteiger partial charge is 0.358 e. The number of benzene rings is 2. The Kier molecular flexibility index (Phi) is 5.67. The minimum atomic E-state index is -1.15. The van der Waals surface area contributed by atoms with Gasteiger partial charge < -0.3 is 14.4 Å². The molecular formula is C25H23N5O4. The molecule has 1 amide bonds. The zero-order valence-corrected chi connectivity index (χ0v) is 18.5. The second-order valence-corrected chi connectivity index (χ2v) is 8.32. The Balaban J connectivity index is 1.46. The molecule has 0 aliphatic carbocycles. The summed E-state index contributed by atoms with van der Waals surface area (Å²) in [6, 6.07) is 16.3.